The monoisotopic (exact) mass is 799 g/mol. The van der Waals surface area contributed by atoms with Crippen molar-refractivity contribution in [2.24, 2.45) is 5.92 Å². The summed E-state index contributed by atoms with van der Waals surface area (Å²) in [7, 11) is 0. The molecule has 46 heavy (non-hydrogen) atoms. The van der Waals surface area contributed by atoms with Crippen LogP contribution in [0.3, 0.4) is 0 Å². The summed E-state index contributed by atoms with van der Waals surface area (Å²) in [4.78, 5) is 15.0. The Labute approximate surface area is 288 Å². The number of ketones is 1. The van der Waals surface area contributed by atoms with Gasteiger partial charge in [0.25, 0.3) is 0 Å². The molecule has 0 unspecified atom stereocenters. The molecule has 7 aromatic rings. The molecule has 2 aromatic heterocycles. The molecular formula is C41H36IrNO2S-. The van der Waals surface area contributed by atoms with E-state index in [-0.39, 0.29) is 31.6 Å². The number of fused-ring (bicyclic) bond motifs is 6. The number of hydrogen-bond donors (Lipinski definition) is 1. The van der Waals surface area contributed by atoms with Crippen LogP contribution in [0.2, 0.25) is 0 Å². The Bertz CT molecular complexity index is 2230. The van der Waals surface area contributed by atoms with Crippen molar-refractivity contribution in [3.05, 3.63) is 126 Å². The van der Waals surface area contributed by atoms with E-state index in [1.54, 1.807) is 0 Å². The zero-order valence-corrected chi connectivity index (χ0v) is 29.9. The summed E-state index contributed by atoms with van der Waals surface area (Å²) in [5.41, 5.74) is 7.38. The first-order valence-corrected chi connectivity index (χ1v) is 16.1. The minimum absolute atomic E-state index is 0. The Balaban J connectivity index is 0.000000471. The maximum Gasteiger partial charge on any atom is 0.155 e. The molecule has 5 heteroatoms. The van der Waals surface area contributed by atoms with E-state index >= 15 is 0 Å². The van der Waals surface area contributed by atoms with Gasteiger partial charge in [0.05, 0.1) is 5.76 Å². The summed E-state index contributed by atoms with van der Waals surface area (Å²) < 4.78 is 2.58. The van der Waals surface area contributed by atoms with Crippen molar-refractivity contribution < 1.29 is 30.0 Å². The van der Waals surface area contributed by atoms with E-state index in [9.17, 15) is 4.79 Å². The maximum absolute atomic E-state index is 10.0. The predicted molar refractivity (Wildman–Crippen MR) is 192 cm³/mol. The second-order valence-electron chi connectivity index (χ2n) is 12.0. The Kier molecular flexibility index (Phi) is 10.2. The molecular weight excluding hydrogens is 763 g/mol. The fourth-order valence-electron chi connectivity index (χ4n) is 6.20. The Morgan fingerprint density at radius 1 is 0.891 bits per heavy atom. The number of nitrogens with zero attached hydrogens (tertiary/aromatic N) is 1. The molecule has 0 aliphatic heterocycles. The topological polar surface area (TPSA) is 50.2 Å². The molecule has 1 N–H and O–H groups in total. The summed E-state index contributed by atoms with van der Waals surface area (Å²) >= 11 is 1.86. The molecule has 5 aromatic carbocycles. The summed E-state index contributed by atoms with van der Waals surface area (Å²) in [6.45, 7) is 9.69. The summed E-state index contributed by atoms with van der Waals surface area (Å²) in [5, 5.41) is 16.0. The first kappa shape index (κ1) is 33.2. The maximum atomic E-state index is 10.0. The Morgan fingerprint density at radius 3 is 2.30 bits per heavy atom. The van der Waals surface area contributed by atoms with Gasteiger partial charge in [0, 0.05) is 52.9 Å². The minimum Gasteiger partial charge on any atom is -0.512 e. The van der Waals surface area contributed by atoms with Gasteiger partial charge in [-0.15, -0.1) is 40.5 Å². The zero-order valence-electron chi connectivity index (χ0n) is 26.6. The largest absolute Gasteiger partial charge is 0.512 e. The zero-order chi connectivity index (χ0) is 31.7. The number of pyridine rings is 1. The van der Waals surface area contributed by atoms with Crippen molar-refractivity contribution in [3.8, 4) is 22.4 Å². The fourth-order valence-corrected chi connectivity index (χ4v) is 7.50. The van der Waals surface area contributed by atoms with Crippen LogP contribution in [0.1, 0.15) is 38.8 Å². The van der Waals surface area contributed by atoms with Crippen molar-refractivity contribution in [1.82, 2.24) is 4.98 Å². The average Bonchev–Trinajstić information content (AvgIpc) is 3.40. The van der Waals surface area contributed by atoms with Gasteiger partial charge in [-0.2, -0.15) is 0 Å². The van der Waals surface area contributed by atoms with Crippen LogP contribution in [0, 0.1) is 18.9 Å². The van der Waals surface area contributed by atoms with E-state index in [1.165, 1.54) is 83.9 Å². The molecule has 0 bridgehead atoms. The molecule has 0 spiro atoms. The van der Waals surface area contributed by atoms with Gasteiger partial charge in [-0.1, -0.05) is 97.6 Å². The molecule has 2 heterocycles. The van der Waals surface area contributed by atoms with Crippen molar-refractivity contribution in [3.63, 3.8) is 0 Å². The second kappa shape index (κ2) is 14.1. The van der Waals surface area contributed by atoms with Gasteiger partial charge >= 0.3 is 0 Å². The number of rotatable bonds is 5. The number of aliphatic hydroxyl groups excluding tert-OH is 1. The molecule has 233 valence electrons. The van der Waals surface area contributed by atoms with Crippen molar-refractivity contribution in [2.45, 2.75) is 41.0 Å². The smallest absolute Gasteiger partial charge is 0.155 e. The van der Waals surface area contributed by atoms with E-state index in [2.05, 4.69) is 118 Å². The second-order valence-corrected chi connectivity index (χ2v) is 13.1. The third-order valence-corrected chi connectivity index (χ3v) is 9.37. The molecule has 0 amide bonds. The predicted octanol–water partition coefficient (Wildman–Crippen LogP) is 11.4. The van der Waals surface area contributed by atoms with Crippen LogP contribution in [0.4, 0.5) is 0 Å². The number of aliphatic hydroxyl groups is 1. The number of aryl methyl sites for hydroxylation is 1. The number of allylic oxidation sites excluding steroid dienone is 2. The quantitative estimate of drug-likeness (QED) is 0.0817. The van der Waals surface area contributed by atoms with Crippen LogP contribution < -0.4 is 0 Å². The first-order chi connectivity index (χ1) is 21.7. The van der Waals surface area contributed by atoms with Gasteiger partial charge in [0.15, 0.2) is 5.78 Å². The van der Waals surface area contributed by atoms with Crippen molar-refractivity contribution in [1.29, 1.82) is 0 Å². The van der Waals surface area contributed by atoms with E-state index < -0.39 is 0 Å². The van der Waals surface area contributed by atoms with E-state index in [0.717, 1.165) is 17.7 Å². The number of carbonyl (C=O) groups is 1. The third kappa shape index (κ3) is 6.69. The fraction of sp³-hybridized carbons (Fsp3) is 0.171. The van der Waals surface area contributed by atoms with Gasteiger partial charge in [0.2, 0.25) is 0 Å². The number of carbonyl (C=O) groups excluding carboxylic acids is 1. The molecule has 0 fully saturated rings. The van der Waals surface area contributed by atoms with E-state index in [0.29, 0.717) is 5.92 Å². The van der Waals surface area contributed by atoms with Crippen LogP contribution in [-0.2, 0) is 31.3 Å². The summed E-state index contributed by atoms with van der Waals surface area (Å²) in [6, 6.07) is 36.7. The molecule has 3 nitrogen and oxygen atoms in total. The van der Waals surface area contributed by atoms with Gasteiger partial charge < -0.3 is 5.11 Å². The third-order valence-electron chi connectivity index (χ3n) is 8.02. The normalized spacial score (nSPS) is 11.6. The van der Waals surface area contributed by atoms with Crippen LogP contribution in [0.5, 0.6) is 0 Å². The average molecular weight is 799 g/mol. The summed E-state index contributed by atoms with van der Waals surface area (Å²) in [5.74, 6) is 0.493. The Morgan fingerprint density at radius 2 is 1.61 bits per heavy atom. The standard InChI is InChI=1S/C36H28NS.C5H8O2.Ir/c1-22(2)19-27-21-28(20-26-14-13-25-11-7-8-12-30(25)33(26)27)34-36-32(17-18-37-34)31-16-15-29(23(3)35(31)38-36)24-9-5-4-6-10-24;1-4(6)3-5(2)7;/h4-18,21-22H,19H2,1-3H3;3,6H,1-2H3;/q-1;;/b;4-3-;. The molecule has 0 saturated carbocycles. The minimum atomic E-state index is -0.125. The van der Waals surface area contributed by atoms with Crippen molar-refractivity contribution in [2.75, 3.05) is 0 Å². The van der Waals surface area contributed by atoms with Crippen LogP contribution in [0.15, 0.2) is 109 Å². The number of thiophene rings is 1. The van der Waals surface area contributed by atoms with E-state index in [1.807, 2.05) is 17.5 Å². The number of hydrogen-bond acceptors (Lipinski definition) is 4. The molecule has 0 aliphatic carbocycles. The molecule has 0 aliphatic rings. The summed E-state index contributed by atoms with van der Waals surface area (Å²) in [6.07, 6.45) is 4.15. The Hall–Kier alpha value is -4.15. The SMILES string of the molecule is CC(=O)/C=C(/C)O.Cc1c(-c2ccccc2)ccc2c1sc1c(-c3[c-]c4ccc5ccccc5c4c(CC(C)C)c3)nccc12.[Ir]. The molecule has 0 atom stereocenters. The number of aromatic nitrogens is 1. The van der Waals surface area contributed by atoms with Gasteiger partial charge in [-0.25, -0.2) is 0 Å². The van der Waals surface area contributed by atoms with Crippen LogP contribution in [-0.4, -0.2) is 15.9 Å². The van der Waals surface area contributed by atoms with Crippen LogP contribution in [0.25, 0.3) is 64.1 Å². The van der Waals surface area contributed by atoms with Crippen LogP contribution >= 0.6 is 11.3 Å². The number of benzene rings is 5. The van der Waals surface area contributed by atoms with Gasteiger partial charge in [-0.3, -0.25) is 9.78 Å². The molecule has 7 rings (SSSR count). The molecule has 1 radical (unpaired) electrons. The molecule has 0 saturated heterocycles. The van der Waals surface area contributed by atoms with E-state index in [4.69, 9.17) is 10.1 Å². The van der Waals surface area contributed by atoms with Crippen molar-refractivity contribution >= 4 is 58.8 Å². The van der Waals surface area contributed by atoms with Gasteiger partial charge in [-0.05, 0) is 72.0 Å². The van der Waals surface area contributed by atoms with Gasteiger partial charge in [0.1, 0.15) is 0 Å². The first-order valence-electron chi connectivity index (χ1n) is 15.3.